The number of benzene rings is 2. The van der Waals surface area contributed by atoms with Crippen molar-refractivity contribution in [3.63, 3.8) is 0 Å². The fourth-order valence-electron chi connectivity index (χ4n) is 9.23. The van der Waals surface area contributed by atoms with Crippen LogP contribution in [0.2, 0.25) is 0 Å². The van der Waals surface area contributed by atoms with Crippen LogP contribution in [0.4, 0.5) is 23.1 Å². The molecular weight excluding hydrogens is 888 g/mol. The number of carbonyl (C=O) groups is 2. The van der Waals surface area contributed by atoms with Gasteiger partial charge < -0.3 is 24.2 Å². The minimum absolute atomic E-state index is 0.0103. The third kappa shape index (κ3) is 8.43. The molecule has 0 aliphatic carbocycles. The second-order valence-electron chi connectivity index (χ2n) is 16.6. The molecule has 8 rings (SSSR count). The lowest BCUT2D eigenvalue weighted by Crippen LogP contribution is -2.38. The Kier molecular flexibility index (Phi) is 13.0. The van der Waals surface area contributed by atoms with Gasteiger partial charge in [0.25, 0.3) is 0 Å². The highest BCUT2D eigenvalue weighted by atomic mass is 79.9. The first-order valence-electron chi connectivity index (χ1n) is 21.0. The molecule has 0 spiro atoms. The van der Waals surface area contributed by atoms with Crippen LogP contribution in [0.15, 0.2) is 39.4 Å². The lowest BCUT2D eigenvalue weighted by atomic mass is 9.96. The van der Waals surface area contributed by atoms with Gasteiger partial charge in [-0.25, -0.2) is 19.9 Å². The Labute approximate surface area is 370 Å². The average molecular weight is 945 g/mol. The van der Waals surface area contributed by atoms with Crippen molar-refractivity contribution in [2.45, 2.75) is 93.9 Å². The van der Waals surface area contributed by atoms with E-state index in [4.69, 9.17) is 24.7 Å². The first-order chi connectivity index (χ1) is 28.6. The summed E-state index contributed by atoms with van der Waals surface area (Å²) in [4.78, 5) is 51.1. The monoisotopic (exact) mass is 942 g/mol. The van der Waals surface area contributed by atoms with Crippen LogP contribution in [0.1, 0.15) is 90.5 Å². The Bertz CT molecular complexity index is 2410. The topological polar surface area (TPSA) is 130 Å². The van der Waals surface area contributed by atoms with E-state index in [-0.39, 0.29) is 30.3 Å². The van der Waals surface area contributed by atoms with Crippen LogP contribution in [-0.4, -0.2) is 80.9 Å². The number of aryl methyl sites for hydroxylation is 7. The maximum absolute atomic E-state index is 13.5. The molecule has 2 fully saturated rings. The molecule has 12 nitrogen and oxygen atoms in total. The molecule has 14 heteroatoms. The fraction of sp³-hybridized carbons (Fsp3) is 0.478. The van der Waals surface area contributed by atoms with E-state index in [2.05, 4.69) is 85.3 Å². The van der Waals surface area contributed by atoms with Gasteiger partial charge in [-0.05, 0) is 146 Å². The minimum Gasteiger partial charge on any atom is -0.466 e. The summed E-state index contributed by atoms with van der Waals surface area (Å²) >= 11 is 7.15. The molecule has 318 valence electrons. The van der Waals surface area contributed by atoms with Crippen molar-refractivity contribution in [1.82, 2.24) is 24.5 Å². The molecule has 3 aliphatic heterocycles. The maximum Gasteiger partial charge on any atom is 0.309 e. The first-order valence-corrected chi connectivity index (χ1v) is 22.6. The zero-order valence-corrected chi connectivity index (χ0v) is 39.4. The van der Waals surface area contributed by atoms with E-state index in [1.807, 2.05) is 53.7 Å². The molecular formula is C46H56Br2N8O4. The van der Waals surface area contributed by atoms with Crippen molar-refractivity contribution in [1.29, 1.82) is 0 Å². The second-order valence-corrected chi connectivity index (χ2v) is 18.4. The van der Waals surface area contributed by atoms with Gasteiger partial charge in [-0.1, -0.05) is 31.9 Å². The molecule has 2 saturated heterocycles. The van der Waals surface area contributed by atoms with Crippen molar-refractivity contribution >= 4 is 77.9 Å². The van der Waals surface area contributed by atoms with E-state index in [1.54, 1.807) is 4.90 Å². The first kappa shape index (κ1) is 43.7. The fourth-order valence-corrected chi connectivity index (χ4v) is 10.6. The summed E-state index contributed by atoms with van der Waals surface area (Å²) in [7, 11) is 0. The number of halogens is 2. The normalized spacial score (nSPS) is 17.3. The largest absolute Gasteiger partial charge is 0.466 e. The Hall–Kier alpha value is -4.40. The average Bonchev–Trinajstić information content (AvgIpc) is 3.64. The summed E-state index contributed by atoms with van der Waals surface area (Å²) in [5, 5.41) is 10.6. The number of rotatable bonds is 7. The Morgan fingerprint density at radius 2 is 1.23 bits per heavy atom. The van der Waals surface area contributed by atoms with E-state index >= 15 is 0 Å². The van der Waals surface area contributed by atoms with Crippen LogP contribution in [0.25, 0.3) is 16.7 Å². The Balaban J connectivity index is 0.000000183. The number of hydrogen-bond donors (Lipinski definition) is 1. The van der Waals surface area contributed by atoms with E-state index in [0.717, 1.165) is 85.7 Å². The number of anilines is 4. The number of carbonyl (C=O) groups excluding carboxylic acids is 2. The number of fused-ring (bicyclic) bond motifs is 2. The number of amides is 1. The van der Waals surface area contributed by atoms with Crippen LogP contribution in [-0.2, 0) is 14.3 Å². The summed E-state index contributed by atoms with van der Waals surface area (Å²) in [6, 6.07) is 8.34. The number of ether oxygens (including phenoxy) is 1. The van der Waals surface area contributed by atoms with Gasteiger partial charge >= 0.3 is 5.97 Å². The third-order valence-electron chi connectivity index (χ3n) is 12.1. The van der Waals surface area contributed by atoms with Gasteiger partial charge in [0.2, 0.25) is 5.91 Å². The van der Waals surface area contributed by atoms with Crippen LogP contribution in [0, 0.1) is 60.3 Å². The zero-order valence-electron chi connectivity index (χ0n) is 36.2. The molecule has 1 unspecified atom stereocenters. The summed E-state index contributed by atoms with van der Waals surface area (Å²) in [5.41, 5.74) is 9.55. The molecule has 60 heavy (non-hydrogen) atoms. The Morgan fingerprint density at radius 1 is 0.733 bits per heavy atom. The Morgan fingerprint density at radius 3 is 1.80 bits per heavy atom. The number of hydrogen-bond acceptors (Lipinski definition) is 10. The molecule has 3 aliphatic rings. The standard InChI is InChI=1S/C24H29BrN4O3.C22H27BrN4O/c1-6-32-24(31)17-7-9-28(10-8-17)21-19-15(4)23(30)29(22(19)27-16(5)26-21)20-13(2)11-18(25)12-14(20)3;1-13-9-18(23)10-14(2)20(13)27-11-15(3)19-21(24-16(4)25-22(19)27)26-7-5-17(12-28)6-8-26/h11-12,15,17H,6-10H2,1-5H3;9-11,17,28H,5-8,12H2,1-4H3. The third-order valence-corrected chi connectivity index (χ3v) is 13.1. The number of esters is 1. The summed E-state index contributed by atoms with van der Waals surface area (Å²) in [6.45, 7) is 22.0. The van der Waals surface area contributed by atoms with Crippen molar-refractivity contribution in [2.75, 3.05) is 54.1 Å². The number of aliphatic hydroxyl groups excluding tert-OH is 1. The van der Waals surface area contributed by atoms with Crippen LogP contribution >= 0.6 is 31.9 Å². The summed E-state index contributed by atoms with van der Waals surface area (Å²) in [5.74, 6) is 3.82. The molecule has 0 radical (unpaired) electrons. The predicted molar refractivity (Wildman–Crippen MR) is 245 cm³/mol. The molecule has 0 bridgehead atoms. The van der Waals surface area contributed by atoms with Crippen LogP contribution < -0.4 is 14.7 Å². The van der Waals surface area contributed by atoms with E-state index in [9.17, 15) is 14.7 Å². The highest BCUT2D eigenvalue weighted by Crippen LogP contribution is 2.47. The van der Waals surface area contributed by atoms with Gasteiger partial charge in [0.05, 0.1) is 40.8 Å². The van der Waals surface area contributed by atoms with Crippen molar-refractivity contribution in [2.24, 2.45) is 11.8 Å². The minimum atomic E-state index is -0.342. The van der Waals surface area contributed by atoms with E-state index < -0.39 is 0 Å². The van der Waals surface area contributed by atoms with Gasteiger partial charge in [-0.3, -0.25) is 14.5 Å². The lowest BCUT2D eigenvalue weighted by Gasteiger charge is -2.33. The summed E-state index contributed by atoms with van der Waals surface area (Å²) < 4.78 is 9.51. The SMILES string of the molecule is CCOC(=O)C1CCN(c2nc(C)nc3c2C(C)C(=O)N3c2c(C)cc(Br)cc2C)CC1.Cc1nc(N2CCC(CO)CC2)c2c(C)cn(-c3c(C)cc(Br)cc3C)c2n1. The highest BCUT2D eigenvalue weighted by molar-refractivity contribution is 9.10. The molecule has 0 saturated carbocycles. The van der Waals surface area contributed by atoms with Crippen molar-refractivity contribution in [3.8, 4) is 5.69 Å². The van der Waals surface area contributed by atoms with Gasteiger partial charge in [0, 0.05) is 47.9 Å². The quantitative estimate of drug-likeness (QED) is 0.158. The smallest absolute Gasteiger partial charge is 0.309 e. The molecule has 3 aromatic heterocycles. The number of aromatic nitrogens is 5. The van der Waals surface area contributed by atoms with Crippen LogP contribution in [0.5, 0.6) is 0 Å². The number of nitrogens with zero attached hydrogens (tertiary/aromatic N) is 8. The van der Waals surface area contributed by atoms with Gasteiger partial charge in [0.15, 0.2) is 5.65 Å². The van der Waals surface area contributed by atoms with Crippen molar-refractivity contribution in [3.05, 3.63) is 84.4 Å². The molecule has 1 N–H and O–H groups in total. The van der Waals surface area contributed by atoms with Crippen LogP contribution in [0.3, 0.4) is 0 Å². The van der Waals surface area contributed by atoms with E-state index in [0.29, 0.717) is 50.1 Å². The predicted octanol–water partition coefficient (Wildman–Crippen LogP) is 9.35. The van der Waals surface area contributed by atoms with Gasteiger partial charge in [-0.2, -0.15) is 0 Å². The lowest BCUT2D eigenvalue weighted by molar-refractivity contribution is -0.148. The highest BCUT2D eigenvalue weighted by Gasteiger charge is 2.42. The maximum atomic E-state index is 13.5. The molecule has 1 amide bonds. The second kappa shape index (κ2) is 17.9. The zero-order chi connectivity index (χ0) is 43.2. The number of aliphatic hydroxyl groups is 1. The van der Waals surface area contributed by atoms with Gasteiger partial charge in [-0.15, -0.1) is 0 Å². The van der Waals surface area contributed by atoms with Crippen molar-refractivity contribution < 1.29 is 19.4 Å². The molecule has 6 heterocycles. The molecule has 5 aromatic rings. The van der Waals surface area contributed by atoms with Gasteiger partial charge in [0.1, 0.15) is 29.1 Å². The summed E-state index contributed by atoms with van der Waals surface area (Å²) in [6.07, 6.45) is 5.63. The number of piperidine rings is 2. The molecule has 1 atom stereocenters. The van der Waals surface area contributed by atoms with E-state index in [1.165, 1.54) is 22.4 Å². The molecule has 2 aromatic carbocycles.